The number of thiophene rings is 1. The highest BCUT2D eigenvalue weighted by Gasteiger charge is 2.13. The van der Waals surface area contributed by atoms with Gasteiger partial charge < -0.3 is 5.32 Å². The van der Waals surface area contributed by atoms with E-state index in [-0.39, 0.29) is 5.91 Å². The second kappa shape index (κ2) is 9.03. The molecule has 1 amide bonds. The summed E-state index contributed by atoms with van der Waals surface area (Å²) in [6.07, 6.45) is 5.17. The fraction of sp³-hybridized carbons (Fsp3) is 0.381. The number of likely N-dealkylation sites (tertiary alicyclic amines) is 1. The number of rotatable bonds is 7. The fourth-order valence-electron chi connectivity index (χ4n) is 3.40. The van der Waals surface area contributed by atoms with Gasteiger partial charge in [0.25, 0.3) is 0 Å². The first-order valence-electron chi connectivity index (χ1n) is 9.68. The molecule has 0 radical (unpaired) electrons. The van der Waals surface area contributed by atoms with E-state index in [2.05, 4.69) is 45.3 Å². The Morgan fingerprint density at radius 3 is 2.75 bits per heavy atom. The van der Waals surface area contributed by atoms with Crippen LogP contribution in [0.2, 0.25) is 0 Å². The summed E-state index contributed by atoms with van der Waals surface area (Å²) in [5, 5.41) is 4.91. The standard InChI is InChI=1S/C21H24N4OS2/c1-2-17-11-18-20(22-14-23-21(18)28-17)27-13-19(26)24-16-7-5-15(6-8-16)12-25-9-3-4-10-25/h5-8,11,14H,2-4,9-10,12-13H2,1H3,(H,24,26). The van der Waals surface area contributed by atoms with Gasteiger partial charge in [0.2, 0.25) is 5.91 Å². The number of hydrogen-bond donors (Lipinski definition) is 1. The molecule has 0 atom stereocenters. The molecule has 1 saturated heterocycles. The number of carbonyl (C=O) groups excluding carboxylic acids is 1. The number of nitrogens with zero attached hydrogens (tertiary/aromatic N) is 3. The third kappa shape index (κ3) is 4.71. The number of thioether (sulfide) groups is 1. The highest BCUT2D eigenvalue weighted by atomic mass is 32.2. The third-order valence-corrected chi connectivity index (χ3v) is 7.07. The molecular formula is C21H24N4OS2. The molecule has 1 N–H and O–H groups in total. The lowest BCUT2D eigenvalue weighted by molar-refractivity contribution is -0.113. The topological polar surface area (TPSA) is 58.1 Å². The van der Waals surface area contributed by atoms with E-state index in [0.717, 1.165) is 33.9 Å². The van der Waals surface area contributed by atoms with Gasteiger partial charge in [-0.15, -0.1) is 11.3 Å². The van der Waals surface area contributed by atoms with Gasteiger partial charge in [-0.2, -0.15) is 0 Å². The van der Waals surface area contributed by atoms with Crippen molar-refractivity contribution in [2.75, 3.05) is 24.2 Å². The average Bonchev–Trinajstić information content (AvgIpc) is 3.37. The largest absolute Gasteiger partial charge is 0.325 e. The van der Waals surface area contributed by atoms with Crippen LogP contribution in [-0.2, 0) is 17.8 Å². The first-order chi connectivity index (χ1) is 13.7. The van der Waals surface area contributed by atoms with Crippen LogP contribution in [0.25, 0.3) is 10.2 Å². The van der Waals surface area contributed by atoms with Gasteiger partial charge >= 0.3 is 0 Å². The number of benzene rings is 1. The number of fused-ring (bicyclic) bond motifs is 1. The van der Waals surface area contributed by atoms with Crippen molar-refractivity contribution in [3.8, 4) is 0 Å². The molecule has 1 aromatic carbocycles. The summed E-state index contributed by atoms with van der Waals surface area (Å²) in [5.41, 5.74) is 2.13. The van der Waals surface area contributed by atoms with Crippen molar-refractivity contribution in [3.05, 3.63) is 47.1 Å². The Labute approximate surface area is 173 Å². The molecule has 7 heteroatoms. The fourth-order valence-corrected chi connectivity index (χ4v) is 5.17. The van der Waals surface area contributed by atoms with Gasteiger partial charge in [0.15, 0.2) is 0 Å². The predicted molar refractivity (Wildman–Crippen MR) is 117 cm³/mol. The first-order valence-corrected chi connectivity index (χ1v) is 11.5. The molecule has 28 heavy (non-hydrogen) atoms. The molecule has 2 aromatic heterocycles. The van der Waals surface area contributed by atoms with Crippen LogP contribution in [0, 0.1) is 0 Å². The number of nitrogens with one attached hydrogen (secondary N) is 1. The number of hydrogen-bond acceptors (Lipinski definition) is 6. The minimum Gasteiger partial charge on any atom is -0.325 e. The number of aryl methyl sites for hydroxylation is 1. The van der Waals surface area contributed by atoms with Gasteiger partial charge in [-0.25, -0.2) is 9.97 Å². The number of aromatic nitrogens is 2. The smallest absolute Gasteiger partial charge is 0.234 e. The minimum absolute atomic E-state index is 0.0185. The van der Waals surface area contributed by atoms with E-state index in [4.69, 9.17) is 0 Å². The van der Waals surface area contributed by atoms with Gasteiger partial charge in [-0.1, -0.05) is 30.8 Å². The van der Waals surface area contributed by atoms with Gasteiger partial charge in [-0.3, -0.25) is 9.69 Å². The number of anilines is 1. The molecular weight excluding hydrogens is 388 g/mol. The van der Waals surface area contributed by atoms with Crippen molar-refractivity contribution in [3.63, 3.8) is 0 Å². The molecule has 0 bridgehead atoms. The van der Waals surface area contributed by atoms with Crippen LogP contribution in [0.15, 0.2) is 41.7 Å². The molecule has 5 nitrogen and oxygen atoms in total. The van der Waals surface area contributed by atoms with E-state index in [1.165, 1.54) is 48.1 Å². The van der Waals surface area contributed by atoms with Gasteiger partial charge in [0.05, 0.1) is 5.75 Å². The Kier molecular flexibility index (Phi) is 6.24. The zero-order valence-electron chi connectivity index (χ0n) is 16.0. The summed E-state index contributed by atoms with van der Waals surface area (Å²) < 4.78 is 0. The SMILES string of the molecule is CCc1cc2c(SCC(=O)Nc3ccc(CN4CCCC4)cc3)ncnc2s1. The molecule has 0 spiro atoms. The van der Waals surface area contributed by atoms with Crippen LogP contribution >= 0.6 is 23.1 Å². The Hall–Kier alpha value is -1.96. The first kappa shape index (κ1) is 19.4. The molecule has 3 heterocycles. The molecule has 1 aliphatic rings. The quantitative estimate of drug-likeness (QED) is 0.455. The van der Waals surface area contributed by atoms with Gasteiger partial charge in [-0.05, 0) is 56.1 Å². The summed E-state index contributed by atoms with van der Waals surface area (Å²) in [7, 11) is 0. The molecule has 1 aliphatic heterocycles. The highest BCUT2D eigenvalue weighted by molar-refractivity contribution is 8.00. The van der Waals surface area contributed by atoms with E-state index >= 15 is 0 Å². The Balaban J connectivity index is 1.32. The summed E-state index contributed by atoms with van der Waals surface area (Å²) in [6.45, 7) is 5.51. The lowest BCUT2D eigenvalue weighted by Gasteiger charge is -2.14. The predicted octanol–water partition coefficient (Wildman–Crippen LogP) is 4.58. The summed E-state index contributed by atoms with van der Waals surface area (Å²) >= 11 is 3.15. The third-order valence-electron chi connectivity index (χ3n) is 4.87. The maximum Gasteiger partial charge on any atom is 0.234 e. The Morgan fingerprint density at radius 2 is 2.00 bits per heavy atom. The lowest BCUT2D eigenvalue weighted by Crippen LogP contribution is -2.18. The maximum absolute atomic E-state index is 12.4. The Morgan fingerprint density at radius 1 is 1.21 bits per heavy atom. The van der Waals surface area contributed by atoms with Crippen molar-refractivity contribution < 1.29 is 4.79 Å². The van der Waals surface area contributed by atoms with E-state index in [1.54, 1.807) is 17.7 Å². The normalized spacial score (nSPS) is 14.6. The zero-order chi connectivity index (χ0) is 19.3. The molecule has 1 fully saturated rings. The highest BCUT2D eigenvalue weighted by Crippen LogP contribution is 2.31. The molecule has 146 valence electrons. The van der Waals surface area contributed by atoms with E-state index in [0.29, 0.717) is 5.75 Å². The van der Waals surface area contributed by atoms with Crippen LogP contribution in [-0.4, -0.2) is 39.6 Å². The lowest BCUT2D eigenvalue weighted by atomic mass is 10.2. The van der Waals surface area contributed by atoms with Crippen molar-refractivity contribution in [2.24, 2.45) is 0 Å². The number of carbonyl (C=O) groups is 1. The van der Waals surface area contributed by atoms with Crippen LogP contribution < -0.4 is 5.32 Å². The molecule has 0 saturated carbocycles. The van der Waals surface area contributed by atoms with Crippen LogP contribution in [0.1, 0.15) is 30.2 Å². The van der Waals surface area contributed by atoms with E-state index in [1.807, 2.05) is 12.1 Å². The van der Waals surface area contributed by atoms with Crippen molar-refractivity contribution >= 4 is 44.9 Å². The number of amides is 1. The zero-order valence-corrected chi connectivity index (χ0v) is 17.6. The second-order valence-electron chi connectivity index (χ2n) is 6.98. The van der Waals surface area contributed by atoms with Crippen molar-refractivity contribution in [2.45, 2.75) is 37.8 Å². The van der Waals surface area contributed by atoms with Crippen LogP contribution in [0.5, 0.6) is 0 Å². The summed E-state index contributed by atoms with van der Waals surface area (Å²) in [5.74, 6) is 0.314. The molecule has 4 rings (SSSR count). The van der Waals surface area contributed by atoms with Gasteiger partial charge in [0.1, 0.15) is 16.2 Å². The molecule has 3 aromatic rings. The average molecular weight is 413 g/mol. The van der Waals surface area contributed by atoms with Crippen molar-refractivity contribution in [1.29, 1.82) is 0 Å². The summed E-state index contributed by atoms with van der Waals surface area (Å²) in [4.78, 5) is 25.8. The van der Waals surface area contributed by atoms with Gasteiger partial charge in [0, 0.05) is 22.5 Å². The Bertz CT molecular complexity index is 949. The monoisotopic (exact) mass is 412 g/mol. The molecule has 0 unspecified atom stereocenters. The maximum atomic E-state index is 12.4. The van der Waals surface area contributed by atoms with E-state index in [9.17, 15) is 4.79 Å². The minimum atomic E-state index is -0.0185. The summed E-state index contributed by atoms with van der Waals surface area (Å²) in [6, 6.07) is 10.3. The van der Waals surface area contributed by atoms with Crippen LogP contribution in [0.3, 0.4) is 0 Å². The second-order valence-corrected chi connectivity index (χ2v) is 9.06. The van der Waals surface area contributed by atoms with E-state index < -0.39 is 0 Å². The molecule has 0 aliphatic carbocycles. The van der Waals surface area contributed by atoms with Crippen LogP contribution in [0.4, 0.5) is 5.69 Å². The van der Waals surface area contributed by atoms with Crippen molar-refractivity contribution in [1.82, 2.24) is 14.9 Å².